The van der Waals surface area contributed by atoms with Crippen molar-refractivity contribution < 1.29 is 17.9 Å². The van der Waals surface area contributed by atoms with E-state index >= 15 is 0 Å². The van der Waals surface area contributed by atoms with Crippen LogP contribution in [0.5, 0.6) is 6.01 Å². The van der Waals surface area contributed by atoms with E-state index < -0.39 is 18.8 Å². The average Bonchev–Trinajstić information content (AvgIpc) is 2.43. The second kappa shape index (κ2) is 6.78. The van der Waals surface area contributed by atoms with Crippen LogP contribution in [0.1, 0.15) is 11.1 Å². The molecular formula is C13H12ClF3N4O. The number of rotatable bonds is 5. The van der Waals surface area contributed by atoms with E-state index in [0.29, 0.717) is 6.54 Å². The summed E-state index contributed by atoms with van der Waals surface area (Å²) in [5.74, 6) is 0.0396. The van der Waals surface area contributed by atoms with Gasteiger partial charge in [-0.05, 0) is 24.1 Å². The van der Waals surface area contributed by atoms with Crippen molar-refractivity contribution in [3.05, 3.63) is 40.7 Å². The molecule has 2 rings (SSSR count). The number of aromatic nitrogens is 3. The molecule has 0 fully saturated rings. The van der Waals surface area contributed by atoms with E-state index in [9.17, 15) is 13.2 Å². The van der Waals surface area contributed by atoms with E-state index in [2.05, 4.69) is 25.0 Å². The Hall–Kier alpha value is -2.09. The van der Waals surface area contributed by atoms with Gasteiger partial charge in [-0.2, -0.15) is 28.1 Å². The summed E-state index contributed by atoms with van der Waals surface area (Å²) in [4.78, 5) is 11.0. The molecule has 0 radical (unpaired) electrons. The molecule has 0 aliphatic carbocycles. The Morgan fingerprint density at radius 2 is 1.82 bits per heavy atom. The molecule has 1 N–H and O–H groups in total. The van der Waals surface area contributed by atoms with Gasteiger partial charge in [0, 0.05) is 6.54 Å². The molecule has 0 atom stereocenters. The van der Waals surface area contributed by atoms with Crippen LogP contribution in [0.3, 0.4) is 0 Å². The normalized spacial score (nSPS) is 11.3. The van der Waals surface area contributed by atoms with Gasteiger partial charge in [-0.15, -0.1) is 0 Å². The largest absolute Gasteiger partial charge is 0.454 e. The Kier molecular flexibility index (Phi) is 5.02. The molecule has 0 saturated carbocycles. The van der Waals surface area contributed by atoms with Crippen molar-refractivity contribution in [2.75, 3.05) is 11.9 Å². The number of nitrogens with zero attached hydrogens (tertiary/aromatic N) is 3. The van der Waals surface area contributed by atoms with Crippen LogP contribution in [0.25, 0.3) is 0 Å². The Morgan fingerprint density at radius 3 is 2.45 bits per heavy atom. The lowest BCUT2D eigenvalue weighted by molar-refractivity contribution is -0.154. The van der Waals surface area contributed by atoms with Gasteiger partial charge >= 0.3 is 12.2 Å². The SMILES string of the molecule is Cc1ccc(CNc2nc(Cl)nc(OCC(F)(F)F)n2)cc1. The number of alkyl halides is 3. The third-order valence-electron chi connectivity index (χ3n) is 2.52. The molecule has 1 aromatic carbocycles. The summed E-state index contributed by atoms with van der Waals surface area (Å²) in [6.07, 6.45) is -4.48. The van der Waals surface area contributed by atoms with Crippen LogP contribution < -0.4 is 10.1 Å². The summed E-state index contributed by atoms with van der Waals surface area (Å²) >= 11 is 5.64. The molecule has 0 saturated heterocycles. The van der Waals surface area contributed by atoms with Crippen molar-refractivity contribution in [3.63, 3.8) is 0 Å². The smallest absolute Gasteiger partial charge is 0.422 e. The highest BCUT2D eigenvalue weighted by atomic mass is 35.5. The third kappa shape index (κ3) is 5.36. The van der Waals surface area contributed by atoms with Gasteiger partial charge in [-0.25, -0.2) is 0 Å². The summed E-state index contributed by atoms with van der Waals surface area (Å²) in [7, 11) is 0. The zero-order chi connectivity index (χ0) is 16.2. The van der Waals surface area contributed by atoms with Crippen LogP contribution in [0.2, 0.25) is 5.28 Å². The molecule has 1 aromatic heterocycles. The standard InChI is InChI=1S/C13H12ClF3N4O/c1-8-2-4-9(5-3-8)6-18-11-19-10(14)20-12(21-11)22-7-13(15,16)17/h2-5H,6-7H2,1H3,(H,18,19,20,21). The minimum Gasteiger partial charge on any atom is -0.454 e. The van der Waals surface area contributed by atoms with Gasteiger partial charge in [0.2, 0.25) is 11.2 Å². The Balaban J connectivity index is 2.01. The van der Waals surface area contributed by atoms with Gasteiger partial charge in [-0.3, -0.25) is 0 Å². The average molecular weight is 333 g/mol. The Labute approximate surface area is 129 Å². The lowest BCUT2D eigenvalue weighted by Crippen LogP contribution is -2.20. The summed E-state index contributed by atoms with van der Waals surface area (Å²) < 4.78 is 40.7. The fourth-order valence-corrected chi connectivity index (χ4v) is 1.66. The van der Waals surface area contributed by atoms with Crippen molar-refractivity contribution >= 4 is 17.5 Å². The van der Waals surface area contributed by atoms with Crippen molar-refractivity contribution in [1.82, 2.24) is 15.0 Å². The quantitative estimate of drug-likeness (QED) is 0.909. The first-order valence-corrected chi connectivity index (χ1v) is 6.60. The molecule has 118 valence electrons. The van der Waals surface area contributed by atoms with E-state index in [1.165, 1.54) is 0 Å². The van der Waals surface area contributed by atoms with Crippen molar-refractivity contribution in [2.45, 2.75) is 19.6 Å². The number of hydrogen-bond acceptors (Lipinski definition) is 5. The summed E-state index contributed by atoms with van der Waals surface area (Å²) in [6.45, 7) is 0.858. The fourth-order valence-electron chi connectivity index (χ4n) is 1.51. The van der Waals surface area contributed by atoms with E-state index in [0.717, 1.165) is 11.1 Å². The second-order valence-corrected chi connectivity index (χ2v) is 4.79. The summed E-state index contributed by atoms with van der Waals surface area (Å²) in [6, 6.07) is 7.21. The fraction of sp³-hybridized carbons (Fsp3) is 0.308. The minimum absolute atomic E-state index is 0.0396. The highest BCUT2D eigenvalue weighted by molar-refractivity contribution is 6.28. The maximum absolute atomic E-state index is 12.1. The lowest BCUT2D eigenvalue weighted by atomic mass is 10.1. The molecule has 0 aliphatic heterocycles. The van der Waals surface area contributed by atoms with Crippen LogP contribution >= 0.6 is 11.6 Å². The molecule has 22 heavy (non-hydrogen) atoms. The second-order valence-electron chi connectivity index (χ2n) is 4.45. The molecule has 0 spiro atoms. The topological polar surface area (TPSA) is 59.9 Å². The van der Waals surface area contributed by atoms with E-state index in [1.807, 2.05) is 31.2 Å². The van der Waals surface area contributed by atoms with Gasteiger partial charge in [0.25, 0.3) is 0 Å². The maximum Gasteiger partial charge on any atom is 0.422 e. The maximum atomic E-state index is 12.1. The zero-order valence-electron chi connectivity index (χ0n) is 11.5. The first-order chi connectivity index (χ1) is 10.3. The summed E-state index contributed by atoms with van der Waals surface area (Å²) in [5.41, 5.74) is 2.08. The molecule has 0 bridgehead atoms. The van der Waals surface area contributed by atoms with Crippen LogP contribution in [0, 0.1) is 6.92 Å². The Morgan fingerprint density at radius 1 is 1.14 bits per heavy atom. The van der Waals surface area contributed by atoms with Gasteiger partial charge < -0.3 is 10.1 Å². The van der Waals surface area contributed by atoms with Gasteiger partial charge in [0.1, 0.15) is 0 Å². The predicted molar refractivity (Wildman–Crippen MR) is 74.9 cm³/mol. The number of anilines is 1. The molecule has 0 aliphatic rings. The number of halogens is 4. The first kappa shape index (κ1) is 16.3. The number of ether oxygens (including phenoxy) is 1. The number of nitrogens with one attached hydrogen (secondary N) is 1. The van der Waals surface area contributed by atoms with Gasteiger partial charge in [0.15, 0.2) is 6.61 Å². The van der Waals surface area contributed by atoms with Crippen LogP contribution in [-0.4, -0.2) is 27.7 Å². The van der Waals surface area contributed by atoms with Crippen LogP contribution in [0.4, 0.5) is 19.1 Å². The molecule has 0 unspecified atom stereocenters. The van der Waals surface area contributed by atoms with Crippen molar-refractivity contribution in [2.24, 2.45) is 0 Å². The van der Waals surface area contributed by atoms with Crippen molar-refractivity contribution in [3.8, 4) is 6.01 Å². The minimum atomic E-state index is -4.48. The molecular weight excluding hydrogens is 321 g/mol. The van der Waals surface area contributed by atoms with E-state index in [1.54, 1.807) is 0 Å². The van der Waals surface area contributed by atoms with E-state index in [4.69, 9.17) is 11.6 Å². The lowest BCUT2D eigenvalue weighted by Gasteiger charge is -2.09. The monoisotopic (exact) mass is 332 g/mol. The van der Waals surface area contributed by atoms with Gasteiger partial charge in [0.05, 0.1) is 0 Å². The van der Waals surface area contributed by atoms with Crippen LogP contribution in [-0.2, 0) is 6.54 Å². The highest BCUT2D eigenvalue weighted by Gasteiger charge is 2.29. The summed E-state index contributed by atoms with van der Waals surface area (Å²) in [5, 5.41) is 2.60. The third-order valence-corrected chi connectivity index (χ3v) is 2.69. The van der Waals surface area contributed by atoms with E-state index in [-0.39, 0.29) is 11.2 Å². The molecule has 1 heterocycles. The predicted octanol–water partition coefficient (Wildman–Crippen LogP) is 3.39. The molecule has 0 amide bonds. The number of hydrogen-bond donors (Lipinski definition) is 1. The first-order valence-electron chi connectivity index (χ1n) is 6.22. The highest BCUT2D eigenvalue weighted by Crippen LogP contribution is 2.18. The van der Waals surface area contributed by atoms with Crippen LogP contribution in [0.15, 0.2) is 24.3 Å². The number of benzene rings is 1. The zero-order valence-corrected chi connectivity index (χ0v) is 12.2. The molecule has 2 aromatic rings. The molecule has 5 nitrogen and oxygen atoms in total. The Bertz CT molecular complexity index is 634. The van der Waals surface area contributed by atoms with Gasteiger partial charge in [-0.1, -0.05) is 29.8 Å². The molecule has 9 heteroatoms. The van der Waals surface area contributed by atoms with Crippen molar-refractivity contribution in [1.29, 1.82) is 0 Å². The number of aryl methyl sites for hydroxylation is 1.